The van der Waals surface area contributed by atoms with E-state index in [-0.39, 0.29) is 24.3 Å². The zero-order chi connectivity index (χ0) is 20.4. The van der Waals surface area contributed by atoms with E-state index in [1.165, 1.54) is 4.90 Å². The van der Waals surface area contributed by atoms with Gasteiger partial charge in [0.15, 0.2) is 0 Å². The van der Waals surface area contributed by atoms with Gasteiger partial charge in [-0.1, -0.05) is 12.1 Å². The average Bonchev–Trinajstić information content (AvgIpc) is 2.71. The SMILES string of the molecule is CN(C)C(=O)c1ccc(CCC(=O)NCC(=O)NCCN2CCOCC2)cc1. The molecule has 28 heavy (non-hydrogen) atoms. The maximum Gasteiger partial charge on any atom is 0.253 e. The van der Waals surface area contributed by atoms with Gasteiger partial charge in [-0.2, -0.15) is 0 Å². The molecular weight excluding hydrogens is 360 g/mol. The Kier molecular flexibility index (Phi) is 8.90. The number of nitrogens with zero attached hydrogens (tertiary/aromatic N) is 2. The van der Waals surface area contributed by atoms with Gasteiger partial charge in [-0.15, -0.1) is 0 Å². The second-order valence-electron chi connectivity index (χ2n) is 6.98. The fraction of sp³-hybridized carbons (Fsp3) is 0.550. The third-order valence-corrected chi connectivity index (χ3v) is 4.55. The Morgan fingerprint density at radius 2 is 1.71 bits per heavy atom. The van der Waals surface area contributed by atoms with E-state index < -0.39 is 0 Å². The summed E-state index contributed by atoms with van der Waals surface area (Å²) < 4.78 is 5.28. The first-order valence-electron chi connectivity index (χ1n) is 9.60. The lowest BCUT2D eigenvalue weighted by Gasteiger charge is -2.26. The van der Waals surface area contributed by atoms with Crippen molar-refractivity contribution in [3.8, 4) is 0 Å². The van der Waals surface area contributed by atoms with Gasteiger partial charge in [-0.05, 0) is 24.1 Å². The summed E-state index contributed by atoms with van der Waals surface area (Å²) in [6.07, 6.45) is 0.850. The molecular formula is C20H30N4O4. The molecule has 3 amide bonds. The first-order chi connectivity index (χ1) is 13.5. The topological polar surface area (TPSA) is 91.0 Å². The molecule has 1 saturated heterocycles. The average molecular weight is 390 g/mol. The number of carbonyl (C=O) groups excluding carboxylic acids is 3. The van der Waals surface area contributed by atoms with Crippen molar-refractivity contribution < 1.29 is 19.1 Å². The molecule has 1 aromatic carbocycles. The fourth-order valence-electron chi connectivity index (χ4n) is 2.84. The molecule has 0 aromatic heterocycles. The standard InChI is InChI=1S/C20H30N4O4/c1-23(2)20(27)17-6-3-16(4-7-17)5-8-18(25)22-15-19(26)21-9-10-24-11-13-28-14-12-24/h3-4,6-7H,5,8-15H2,1-2H3,(H,21,26)(H,22,25). The van der Waals surface area contributed by atoms with E-state index in [2.05, 4.69) is 15.5 Å². The lowest BCUT2D eigenvalue weighted by atomic mass is 10.1. The van der Waals surface area contributed by atoms with Gasteiger partial charge >= 0.3 is 0 Å². The van der Waals surface area contributed by atoms with Crippen LogP contribution in [0.3, 0.4) is 0 Å². The van der Waals surface area contributed by atoms with Crippen LogP contribution in [0.15, 0.2) is 24.3 Å². The van der Waals surface area contributed by atoms with Crippen LogP contribution in [-0.2, 0) is 20.7 Å². The Morgan fingerprint density at radius 1 is 1.04 bits per heavy atom. The van der Waals surface area contributed by atoms with E-state index in [1.807, 2.05) is 12.1 Å². The van der Waals surface area contributed by atoms with Gasteiger partial charge in [0.2, 0.25) is 11.8 Å². The van der Waals surface area contributed by atoms with Crippen molar-refractivity contribution in [2.75, 3.05) is 60.0 Å². The van der Waals surface area contributed by atoms with Crippen LogP contribution in [-0.4, -0.2) is 87.6 Å². The Bertz CT molecular complexity index is 655. The fourth-order valence-corrected chi connectivity index (χ4v) is 2.84. The highest BCUT2D eigenvalue weighted by Crippen LogP contribution is 2.08. The predicted octanol–water partition coefficient (Wildman–Crippen LogP) is -0.114. The molecule has 0 unspecified atom stereocenters. The molecule has 8 heteroatoms. The van der Waals surface area contributed by atoms with E-state index in [0.29, 0.717) is 24.9 Å². The predicted molar refractivity (Wildman–Crippen MR) is 106 cm³/mol. The molecule has 0 spiro atoms. The van der Waals surface area contributed by atoms with Crippen molar-refractivity contribution in [3.05, 3.63) is 35.4 Å². The monoisotopic (exact) mass is 390 g/mol. The molecule has 0 radical (unpaired) electrons. The lowest BCUT2D eigenvalue weighted by molar-refractivity contribution is -0.126. The molecule has 154 valence electrons. The summed E-state index contributed by atoms with van der Waals surface area (Å²) in [6.45, 7) is 4.57. The lowest BCUT2D eigenvalue weighted by Crippen LogP contribution is -2.43. The van der Waals surface area contributed by atoms with E-state index in [9.17, 15) is 14.4 Å². The van der Waals surface area contributed by atoms with E-state index in [1.54, 1.807) is 26.2 Å². The van der Waals surface area contributed by atoms with Crippen molar-refractivity contribution >= 4 is 17.7 Å². The summed E-state index contributed by atoms with van der Waals surface area (Å²) >= 11 is 0. The second kappa shape index (κ2) is 11.4. The second-order valence-corrected chi connectivity index (χ2v) is 6.98. The number of aryl methyl sites for hydroxylation is 1. The van der Waals surface area contributed by atoms with Gasteiger partial charge in [0.25, 0.3) is 5.91 Å². The minimum atomic E-state index is -0.187. The minimum Gasteiger partial charge on any atom is -0.379 e. The van der Waals surface area contributed by atoms with Gasteiger partial charge in [0, 0.05) is 52.3 Å². The first kappa shape index (κ1) is 21.8. The summed E-state index contributed by atoms with van der Waals surface area (Å²) in [5, 5.41) is 5.45. The molecule has 2 rings (SSSR count). The molecule has 1 fully saturated rings. The van der Waals surface area contributed by atoms with Crippen LogP contribution in [0.5, 0.6) is 0 Å². The number of hydrogen-bond donors (Lipinski definition) is 2. The van der Waals surface area contributed by atoms with Crippen molar-refractivity contribution in [2.45, 2.75) is 12.8 Å². The molecule has 0 aliphatic carbocycles. The minimum absolute atomic E-state index is 0.0157. The Hall–Kier alpha value is -2.45. The van der Waals surface area contributed by atoms with Gasteiger partial charge in [-0.25, -0.2) is 0 Å². The van der Waals surface area contributed by atoms with Crippen molar-refractivity contribution in [1.82, 2.24) is 20.4 Å². The summed E-state index contributed by atoms with van der Waals surface area (Å²) in [5.41, 5.74) is 1.59. The number of benzene rings is 1. The van der Waals surface area contributed by atoms with Gasteiger partial charge < -0.3 is 20.3 Å². The maximum atomic E-state index is 11.9. The summed E-state index contributed by atoms with van der Waals surface area (Å²) in [6, 6.07) is 7.22. The summed E-state index contributed by atoms with van der Waals surface area (Å²) in [4.78, 5) is 39.4. The zero-order valence-electron chi connectivity index (χ0n) is 16.7. The third kappa shape index (κ3) is 7.66. The highest BCUT2D eigenvalue weighted by Gasteiger charge is 2.11. The van der Waals surface area contributed by atoms with E-state index >= 15 is 0 Å². The van der Waals surface area contributed by atoms with Crippen LogP contribution < -0.4 is 10.6 Å². The number of hydrogen-bond acceptors (Lipinski definition) is 5. The molecule has 0 saturated carbocycles. The number of rotatable bonds is 9. The molecule has 1 aromatic rings. The first-order valence-corrected chi connectivity index (χ1v) is 9.60. The third-order valence-electron chi connectivity index (χ3n) is 4.55. The van der Waals surface area contributed by atoms with Gasteiger partial charge in [0.05, 0.1) is 19.8 Å². The quantitative estimate of drug-likeness (QED) is 0.614. The van der Waals surface area contributed by atoms with Gasteiger partial charge in [-0.3, -0.25) is 19.3 Å². The maximum absolute atomic E-state index is 11.9. The molecule has 1 aliphatic rings. The summed E-state index contributed by atoms with van der Waals surface area (Å²) in [7, 11) is 3.42. The Labute approximate surface area is 166 Å². The van der Waals surface area contributed by atoms with Crippen LogP contribution in [0.2, 0.25) is 0 Å². The number of ether oxygens (including phenoxy) is 1. The largest absolute Gasteiger partial charge is 0.379 e. The van der Waals surface area contributed by atoms with Crippen LogP contribution in [0.25, 0.3) is 0 Å². The molecule has 0 bridgehead atoms. The number of morpholine rings is 1. The van der Waals surface area contributed by atoms with Crippen LogP contribution in [0.1, 0.15) is 22.3 Å². The zero-order valence-corrected chi connectivity index (χ0v) is 16.7. The number of carbonyl (C=O) groups is 3. The van der Waals surface area contributed by atoms with E-state index in [0.717, 1.165) is 38.4 Å². The number of amides is 3. The molecule has 2 N–H and O–H groups in total. The summed E-state index contributed by atoms with van der Waals surface area (Å²) in [5.74, 6) is -0.408. The Morgan fingerprint density at radius 3 is 2.36 bits per heavy atom. The van der Waals surface area contributed by atoms with Crippen LogP contribution in [0, 0.1) is 0 Å². The molecule has 1 heterocycles. The Balaban J connectivity index is 1.60. The number of nitrogens with one attached hydrogen (secondary N) is 2. The van der Waals surface area contributed by atoms with Crippen molar-refractivity contribution in [2.24, 2.45) is 0 Å². The van der Waals surface area contributed by atoms with E-state index in [4.69, 9.17) is 4.74 Å². The highest BCUT2D eigenvalue weighted by molar-refractivity contribution is 5.93. The normalized spacial score (nSPS) is 14.4. The molecule has 8 nitrogen and oxygen atoms in total. The van der Waals surface area contributed by atoms with Crippen LogP contribution >= 0.6 is 0 Å². The van der Waals surface area contributed by atoms with Crippen LogP contribution in [0.4, 0.5) is 0 Å². The molecule has 1 aliphatic heterocycles. The van der Waals surface area contributed by atoms with Gasteiger partial charge in [0.1, 0.15) is 0 Å². The van der Waals surface area contributed by atoms with Crippen molar-refractivity contribution in [1.29, 1.82) is 0 Å². The smallest absolute Gasteiger partial charge is 0.253 e. The van der Waals surface area contributed by atoms with Crippen molar-refractivity contribution in [3.63, 3.8) is 0 Å². The molecule has 0 atom stereocenters. The highest BCUT2D eigenvalue weighted by atomic mass is 16.5.